The molecule has 0 aliphatic carbocycles. The third-order valence-electron chi connectivity index (χ3n) is 4.38. The van der Waals surface area contributed by atoms with Crippen molar-refractivity contribution < 1.29 is 34.4 Å². The number of alkyl carbamates (subject to hydrolysis) is 1. The Labute approximate surface area is 201 Å². The van der Waals surface area contributed by atoms with Gasteiger partial charge in [-0.1, -0.05) is 30.3 Å². The van der Waals surface area contributed by atoms with E-state index in [0.29, 0.717) is 14.5 Å². The molecule has 0 spiro atoms. The highest BCUT2D eigenvalue weighted by atomic mass is 79.9. The molecule has 9 nitrogen and oxygen atoms in total. The number of ether oxygens (including phenoxy) is 1. The Bertz CT molecular complexity index is 947. The van der Waals surface area contributed by atoms with E-state index < -0.39 is 36.2 Å². The van der Waals surface area contributed by atoms with Crippen molar-refractivity contribution in [3.8, 4) is 5.75 Å². The number of hydrogen-bond donors (Lipinski definition) is 5. The van der Waals surface area contributed by atoms with Gasteiger partial charge >= 0.3 is 12.1 Å². The molecule has 0 radical (unpaired) electrons. The van der Waals surface area contributed by atoms with Crippen LogP contribution in [0.1, 0.15) is 18.1 Å². The number of rotatable bonds is 9. The minimum absolute atomic E-state index is 0.0251. The molecule has 32 heavy (non-hydrogen) atoms. The summed E-state index contributed by atoms with van der Waals surface area (Å²) in [5, 5.41) is 33.4. The van der Waals surface area contributed by atoms with Crippen molar-refractivity contribution in [2.24, 2.45) is 0 Å². The standard InChI is InChI=1S/C21H22Br2N2O7/c1-11(26)17(20(29)30)25-19(28)16(9-13-7-14(22)18(27)15(23)8-13)24-21(31)32-10-12-5-3-2-4-6-12/h2-8,11,16-17,26-27H,9-10H2,1H3,(H,24,31)(H,25,28)(H,29,30)/t11-,16-,17+/m0/s1. The molecule has 11 heteroatoms. The molecule has 2 aromatic carbocycles. The number of carboxylic acids is 1. The smallest absolute Gasteiger partial charge is 0.408 e. The highest BCUT2D eigenvalue weighted by molar-refractivity contribution is 9.11. The third kappa shape index (κ3) is 7.50. The summed E-state index contributed by atoms with van der Waals surface area (Å²) in [5.74, 6) is -2.28. The van der Waals surface area contributed by atoms with Crippen LogP contribution in [0, 0.1) is 0 Å². The Morgan fingerprint density at radius 1 is 1.03 bits per heavy atom. The minimum atomic E-state index is -1.56. The number of carbonyl (C=O) groups is 3. The van der Waals surface area contributed by atoms with Gasteiger partial charge in [-0.05, 0) is 62.0 Å². The number of halogens is 2. The predicted octanol–water partition coefficient (Wildman–Crippen LogP) is 2.70. The average Bonchev–Trinajstić information content (AvgIpc) is 2.74. The summed E-state index contributed by atoms with van der Waals surface area (Å²) in [4.78, 5) is 36.4. The van der Waals surface area contributed by atoms with E-state index in [1.54, 1.807) is 36.4 Å². The Balaban J connectivity index is 2.18. The molecule has 0 bridgehead atoms. The maximum atomic E-state index is 12.8. The molecule has 0 saturated carbocycles. The lowest BCUT2D eigenvalue weighted by Gasteiger charge is -2.23. The molecule has 0 fully saturated rings. The number of phenols is 1. The lowest BCUT2D eigenvalue weighted by molar-refractivity contribution is -0.145. The molecule has 5 N–H and O–H groups in total. The summed E-state index contributed by atoms with van der Waals surface area (Å²) >= 11 is 6.40. The van der Waals surface area contributed by atoms with Gasteiger partial charge in [0, 0.05) is 6.42 Å². The molecular weight excluding hydrogens is 552 g/mol. The van der Waals surface area contributed by atoms with Crippen LogP contribution in [0.2, 0.25) is 0 Å². The Kier molecular flexibility index (Phi) is 9.48. The molecule has 172 valence electrons. The highest BCUT2D eigenvalue weighted by Gasteiger charge is 2.30. The second kappa shape index (κ2) is 11.8. The van der Waals surface area contributed by atoms with Crippen LogP contribution in [-0.2, 0) is 27.4 Å². The number of benzene rings is 2. The fourth-order valence-corrected chi connectivity index (χ4v) is 4.01. The quantitative estimate of drug-likeness (QED) is 0.310. The molecule has 0 unspecified atom stereocenters. The monoisotopic (exact) mass is 572 g/mol. The number of carboxylic acid groups (broad SMARTS) is 1. The number of amides is 2. The maximum absolute atomic E-state index is 12.8. The summed E-state index contributed by atoms with van der Waals surface area (Å²) in [7, 11) is 0. The molecule has 0 saturated heterocycles. The van der Waals surface area contributed by atoms with E-state index >= 15 is 0 Å². The van der Waals surface area contributed by atoms with E-state index in [2.05, 4.69) is 42.5 Å². The molecule has 0 aliphatic heterocycles. The van der Waals surface area contributed by atoms with Crippen LogP contribution in [-0.4, -0.2) is 51.5 Å². The zero-order valence-corrected chi connectivity index (χ0v) is 20.1. The highest BCUT2D eigenvalue weighted by Crippen LogP contribution is 2.33. The first-order valence-corrected chi connectivity index (χ1v) is 11.0. The van der Waals surface area contributed by atoms with Crippen molar-refractivity contribution in [2.75, 3.05) is 0 Å². The molecular formula is C21H22Br2N2O7. The normalized spacial score (nSPS) is 13.5. The first kappa shape index (κ1) is 25.6. The van der Waals surface area contributed by atoms with Crippen LogP contribution in [0.3, 0.4) is 0 Å². The van der Waals surface area contributed by atoms with Gasteiger partial charge in [-0.25, -0.2) is 9.59 Å². The summed E-state index contributed by atoms with van der Waals surface area (Å²) in [6.07, 6.45) is -2.29. The first-order chi connectivity index (χ1) is 15.1. The Hall–Kier alpha value is -2.63. The number of aliphatic carboxylic acids is 1. The van der Waals surface area contributed by atoms with Crippen LogP contribution in [0.5, 0.6) is 5.75 Å². The van der Waals surface area contributed by atoms with Crippen LogP contribution >= 0.6 is 31.9 Å². The molecule has 2 amide bonds. The molecule has 2 aromatic rings. The maximum Gasteiger partial charge on any atom is 0.408 e. The summed E-state index contributed by atoms with van der Waals surface area (Å²) in [6, 6.07) is 9.25. The van der Waals surface area contributed by atoms with E-state index in [9.17, 15) is 29.7 Å². The topological polar surface area (TPSA) is 145 Å². The third-order valence-corrected chi connectivity index (χ3v) is 5.59. The van der Waals surface area contributed by atoms with E-state index in [1.165, 1.54) is 6.92 Å². The van der Waals surface area contributed by atoms with Gasteiger partial charge in [0.05, 0.1) is 15.0 Å². The van der Waals surface area contributed by atoms with E-state index in [0.717, 1.165) is 5.56 Å². The first-order valence-electron chi connectivity index (χ1n) is 9.43. The van der Waals surface area contributed by atoms with Crippen molar-refractivity contribution in [3.05, 3.63) is 62.5 Å². The van der Waals surface area contributed by atoms with Crippen molar-refractivity contribution in [1.29, 1.82) is 0 Å². The number of hydrogen-bond acceptors (Lipinski definition) is 6. The van der Waals surface area contributed by atoms with Gasteiger partial charge < -0.3 is 30.7 Å². The van der Waals surface area contributed by atoms with E-state index in [1.807, 2.05) is 6.07 Å². The summed E-state index contributed by atoms with van der Waals surface area (Å²) in [5.41, 5.74) is 1.30. The van der Waals surface area contributed by atoms with Crippen LogP contribution in [0.4, 0.5) is 4.79 Å². The zero-order valence-electron chi connectivity index (χ0n) is 16.9. The van der Waals surface area contributed by atoms with E-state index in [4.69, 9.17) is 4.74 Å². The summed E-state index contributed by atoms with van der Waals surface area (Å²) in [6.45, 7) is 1.20. The fourth-order valence-electron chi connectivity index (χ4n) is 2.73. The zero-order chi connectivity index (χ0) is 23.8. The summed E-state index contributed by atoms with van der Waals surface area (Å²) < 4.78 is 5.88. The van der Waals surface area contributed by atoms with Gasteiger partial charge in [0.25, 0.3) is 0 Å². The number of aliphatic hydroxyl groups is 1. The predicted molar refractivity (Wildman–Crippen MR) is 122 cm³/mol. The number of carbonyl (C=O) groups excluding carboxylic acids is 2. The van der Waals surface area contributed by atoms with E-state index in [-0.39, 0.29) is 18.8 Å². The number of aromatic hydroxyl groups is 1. The molecule has 0 aliphatic rings. The Morgan fingerprint density at radius 2 is 1.62 bits per heavy atom. The van der Waals surface area contributed by atoms with Crippen LogP contribution < -0.4 is 10.6 Å². The van der Waals surface area contributed by atoms with Gasteiger partial charge in [0.15, 0.2) is 6.04 Å². The number of phenolic OH excluding ortho intramolecular Hbond substituents is 1. The van der Waals surface area contributed by atoms with Crippen molar-refractivity contribution in [1.82, 2.24) is 10.6 Å². The van der Waals surface area contributed by atoms with Gasteiger partial charge in [-0.15, -0.1) is 0 Å². The van der Waals surface area contributed by atoms with Gasteiger partial charge in [-0.3, -0.25) is 4.79 Å². The van der Waals surface area contributed by atoms with Crippen molar-refractivity contribution >= 4 is 49.8 Å². The second-order valence-electron chi connectivity index (χ2n) is 6.94. The van der Waals surface area contributed by atoms with Crippen molar-refractivity contribution in [2.45, 2.75) is 38.1 Å². The average molecular weight is 574 g/mol. The van der Waals surface area contributed by atoms with Crippen LogP contribution in [0.15, 0.2) is 51.4 Å². The number of aliphatic hydroxyl groups excluding tert-OH is 1. The SMILES string of the molecule is C[C@H](O)[C@@H](NC(=O)[C@H](Cc1cc(Br)c(O)c(Br)c1)NC(=O)OCc1ccccc1)C(=O)O. The lowest BCUT2D eigenvalue weighted by atomic mass is 10.0. The molecule has 2 rings (SSSR count). The van der Waals surface area contributed by atoms with Crippen LogP contribution in [0.25, 0.3) is 0 Å². The van der Waals surface area contributed by atoms with Gasteiger partial charge in [-0.2, -0.15) is 0 Å². The lowest BCUT2D eigenvalue weighted by Crippen LogP contribution is -2.55. The molecule has 3 atom stereocenters. The van der Waals surface area contributed by atoms with Crippen molar-refractivity contribution in [3.63, 3.8) is 0 Å². The fraction of sp³-hybridized carbons (Fsp3) is 0.286. The second-order valence-corrected chi connectivity index (χ2v) is 8.64. The molecule has 0 aromatic heterocycles. The number of nitrogens with one attached hydrogen (secondary N) is 2. The molecule has 0 heterocycles. The minimum Gasteiger partial charge on any atom is -0.506 e. The van der Waals surface area contributed by atoms with Gasteiger partial charge in [0.1, 0.15) is 18.4 Å². The van der Waals surface area contributed by atoms with Gasteiger partial charge in [0.2, 0.25) is 5.91 Å². The Morgan fingerprint density at radius 3 is 2.16 bits per heavy atom. The largest absolute Gasteiger partial charge is 0.506 e.